The molecule has 35 heavy (non-hydrogen) atoms. The van der Waals surface area contributed by atoms with Gasteiger partial charge in [-0.1, -0.05) is 37.3 Å². The van der Waals surface area contributed by atoms with Crippen molar-refractivity contribution in [2.24, 2.45) is 5.92 Å². The van der Waals surface area contributed by atoms with E-state index in [1.165, 1.54) is 39.1 Å². The van der Waals surface area contributed by atoms with Crippen LogP contribution in [0.1, 0.15) is 55.7 Å². The Morgan fingerprint density at radius 2 is 1.83 bits per heavy atom. The summed E-state index contributed by atoms with van der Waals surface area (Å²) < 4.78 is 14.7. The van der Waals surface area contributed by atoms with E-state index in [-0.39, 0.29) is 46.4 Å². The van der Waals surface area contributed by atoms with Crippen molar-refractivity contribution in [3.63, 3.8) is 0 Å². The van der Waals surface area contributed by atoms with Crippen molar-refractivity contribution in [2.75, 3.05) is 0 Å². The van der Waals surface area contributed by atoms with Crippen LogP contribution in [0.3, 0.4) is 0 Å². The Morgan fingerprint density at radius 1 is 1.17 bits per heavy atom. The first-order valence-corrected chi connectivity index (χ1v) is 12.2. The van der Waals surface area contributed by atoms with Crippen molar-refractivity contribution in [1.82, 2.24) is 19.7 Å². The molecule has 10 heteroatoms. The number of hydrogen-bond acceptors (Lipinski definition) is 7. The first-order valence-electron chi connectivity index (χ1n) is 11.4. The van der Waals surface area contributed by atoms with Crippen LogP contribution in [0.25, 0.3) is 10.6 Å². The number of ketones is 1. The normalized spacial score (nSPS) is 17.8. The lowest BCUT2D eigenvalue weighted by molar-refractivity contribution is -0.134. The standard InChI is InChI=1S/C25H27FN4O4S/c1-13(2)22(33)25(5)12-29-11-17(20(31)21(32)19(29)24(34)30(25)14(3)4)23-28-27-18(35-23)10-15-6-8-16(26)9-7-15/h6-9,11,13-14,32H,10,12H2,1-5H3/t25-/m0/s1. The number of rotatable bonds is 6. The van der Waals surface area contributed by atoms with Crippen molar-refractivity contribution in [2.45, 2.75) is 59.2 Å². The van der Waals surface area contributed by atoms with Crippen molar-refractivity contribution >= 4 is 23.0 Å². The summed E-state index contributed by atoms with van der Waals surface area (Å²) in [7, 11) is 0. The zero-order valence-electron chi connectivity index (χ0n) is 20.2. The molecule has 0 bridgehead atoms. The number of Topliss-reactive ketones (excluding diaryl/α,β-unsaturated/α-hetero) is 1. The lowest BCUT2D eigenvalue weighted by atomic mass is 9.84. The summed E-state index contributed by atoms with van der Waals surface area (Å²) in [6.45, 7) is 8.97. The number of amides is 1. The van der Waals surface area contributed by atoms with Gasteiger partial charge in [0.2, 0.25) is 5.43 Å². The number of aromatic hydroxyl groups is 1. The fraction of sp³-hybridized carbons (Fsp3) is 0.400. The van der Waals surface area contributed by atoms with E-state index in [0.29, 0.717) is 11.4 Å². The van der Waals surface area contributed by atoms with Gasteiger partial charge in [-0.25, -0.2) is 4.39 Å². The maximum atomic E-state index is 13.5. The molecule has 0 saturated heterocycles. The lowest BCUT2D eigenvalue weighted by Crippen LogP contribution is -2.64. The van der Waals surface area contributed by atoms with Gasteiger partial charge in [0.1, 0.15) is 16.4 Å². The molecule has 1 aliphatic heterocycles. The zero-order valence-corrected chi connectivity index (χ0v) is 21.0. The summed E-state index contributed by atoms with van der Waals surface area (Å²) >= 11 is 1.17. The predicted molar refractivity (Wildman–Crippen MR) is 130 cm³/mol. The quantitative estimate of drug-likeness (QED) is 0.556. The molecular weight excluding hydrogens is 471 g/mol. The van der Waals surface area contributed by atoms with Gasteiger partial charge >= 0.3 is 0 Å². The fourth-order valence-corrected chi connectivity index (χ4v) is 5.61. The van der Waals surface area contributed by atoms with E-state index in [2.05, 4.69) is 10.2 Å². The van der Waals surface area contributed by atoms with Crippen molar-refractivity contribution in [3.05, 3.63) is 62.8 Å². The average Bonchev–Trinajstić information content (AvgIpc) is 3.24. The summed E-state index contributed by atoms with van der Waals surface area (Å²) in [6, 6.07) is 5.69. The molecule has 3 aromatic rings. The monoisotopic (exact) mass is 498 g/mol. The molecule has 8 nitrogen and oxygen atoms in total. The number of halogens is 1. The number of carbonyl (C=O) groups is 2. The summed E-state index contributed by atoms with van der Waals surface area (Å²) in [4.78, 5) is 41.2. The summed E-state index contributed by atoms with van der Waals surface area (Å²) in [5.41, 5.74) is -1.09. The molecule has 0 radical (unpaired) electrons. The van der Waals surface area contributed by atoms with Crippen LogP contribution in [-0.4, -0.2) is 48.0 Å². The minimum Gasteiger partial charge on any atom is -0.503 e. The Kier molecular flexibility index (Phi) is 6.35. The molecule has 0 unspecified atom stereocenters. The molecule has 1 atom stereocenters. The van der Waals surface area contributed by atoms with E-state index >= 15 is 0 Å². The molecule has 2 aromatic heterocycles. The third-order valence-electron chi connectivity index (χ3n) is 6.22. The second kappa shape index (κ2) is 8.99. The first kappa shape index (κ1) is 24.7. The van der Waals surface area contributed by atoms with Crippen molar-refractivity contribution in [3.8, 4) is 16.3 Å². The number of nitrogens with zero attached hydrogens (tertiary/aromatic N) is 4. The van der Waals surface area contributed by atoms with Gasteiger partial charge in [0.15, 0.2) is 22.2 Å². The van der Waals surface area contributed by atoms with E-state index in [1.54, 1.807) is 46.8 Å². The third-order valence-corrected chi connectivity index (χ3v) is 7.18. The Balaban J connectivity index is 1.78. The van der Waals surface area contributed by atoms with Crippen molar-refractivity contribution in [1.29, 1.82) is 0 Å². The van der Waals surface area contributed by atoms with Gasteiger partial charge in [-0.2, -0.15) is 0 Å². The second-order valence-electron chi connectivity index (χ2n) is 9.56. The van der Waals surface area contributed by atoms with Gasteiger partial charge in [-0.3, -0.25) is 14.4 Å². The number of carbonyl (C=O) groups excluding carboxylic acids is 2. The topological polar surface area (TPSA) is 105 Å². The number of aromatic nitrogens is 3. The number of hydrogen-bond donors (Lipinski definition) is 1. The largest absolute Gasteiger partial charge is 0.503 e. The van der Waals surface area contributed by atoms with Crippen LogP contribution in [-0.2, 0) is 17.8 Å². The van der Waals surface area contributed by atoms with E-state index < -0.39 is 22.6 Å². The van der Waals surface area contributed by atoms with Crippen LogP contribution in [0.4, 0.5) is 4.39 Å². The Morgan fingerprint density at radius 3 is 2.43 bits per heavy atom. The lowest BCUT2D eigenvalue weighted by Gasteiger charge is -2.47. The van der Waals surface area contributed by atoms with E-state index in [4.69, 9.17) is 0 Å². The van der Waals surface area contributed by atoms with E-state index in [1.807, 2.05) is 0 Å². The molecule has 1 aliphatic rings. The SMILES string of the molecule is CC(C)C(=O)[C@]1(C)Cn2cc(-c3nnc(Cc4ccc(F)cc4)s3)c(=O)c(O)c2C(=O)N1C(C)C. The van der Waals surface area contributed by atoms with Crippen LogP contribution in [0.15, 0.2) is 35.3 Å². The third kappa shape index (κ3) is 4.27. The maximum absolute atomic E-state index is 13.5. The number of fused-ring (bicyclic) bond motifs is 1. The minimum absolute atomic E-state index is 0.0886. The molecule has 0 aliphatic carbocycles. The smallest absolute Gasteiger partial charge is 0.275 e. The molecule has 1 aromatic carbocycles. The molecule has 0 spiro atoms. The van der Waals surface area contributed by atoms with Gasteiger partial charge in [0, 0.05) is 24.6 Å². The van der Waals surface area contributed by atoms with Crippen LogP contribution < -0.4 is 5.43 Å². The molecule has 0 saturated carbocycles. The van der Waals surface area contributed by atoms with Gasteiger partial charge in [-0.15, -0.1) is 10.2 Å². The highest BCUT2D eigenvalue weighted by atomic mass is 32.1. The molecule has 4 rings (SSSR count). The molecule has 3 heterocycles. The molecule has 1 amide bonds. The Bertz CT molecular complexity index is 1360. The Labute approximate surface area is 206 Å². The molecule has 184 valence electrons. The minimum atomic E-state index is -1.15. The first-order chi connectivity index (χ1) is 16.4. The second-order valence-corrected chi connectivity index (χ2v) is 10.6. The van der Waals surface area contributed by atoms with Crippen LogP contribution in [0.5, 0.6) is 5.75 Å². The van der Waals surface area contributed by atoms with Crippen LogP contribution in [0.2, 0.25) is 0 Å². The van der Waals surface area contributed by atoms with Gasteiger partial charge in [0.25, 0.3) is 5.91 Å². The summed E-state index contributed by atoms with van der Waals surface area (Å²) in [5.74, 6) is -2.01. The van der Waals surface area contributed by atoms with E-state index in [9.17, 15) is 23.9 Å². The average molecular weight is 499 g/mol. The zero-order chi connectivity index (χ0) is 25.7. The van der Waals surface area contributed by atoms with Gasteiger partial charge < -0.3 is 14.6 Å². The molecule has 1 N–H and O–H groups in total. The highest BCUT2D eigenvalue weighted by molar-refractivity contribution is 7.14. The predicted octanol–water partition coefficient (Wildman–Crippen LogP) is 3.65. The number of pyridine rings is 1. The van der Waals surface area contributed by atoms with Gasteiger partial charge in [0.05, 0.1) is 12.1 Å². The van der Waals surface area contributed by atoms with E-state index in [0.717, 1.165) is 5.56 Å². The Hall–Kier alpha value is -3.40. The molecule has 0 fully saturated rings. The molecular formula is C25H27FN4O4S. The van der Waals surface area contributed by atoms with Crippen LogP contribution >= 0.6 is 11.3 Å². The summed E-state index contributed by atoms with van der Waals surface area (Å²) in [5, 5.41) is 19.9. The fourth-order valence-electron chi connectivity index (χ4n) is 4.73. The maximum Gasteiger partial charge on any atom is 0.275 e. The highest BCUT2D eigenvalue weighted by Gasteiger charge is 2.49. The number of benzene rings is 1. The van der Waals surface area contributed by atoms with Crippen molar-refractivity contribution < 1.29 is 19.1 Å². The highest BCUT2D eigenvalue weighted by Crippen LogP contribution is 2.35. The van der Waals surface area contributed by atoms with Crippen LogP contribution in [0, 0.1) is 11.7 Å². The summed E-state index contributed by atoms with van der Waals surface area (Å²) in [6.07, 6.45) is 1.87. The van der Waals surface area contributed by atoms with Gasteiger partial charge in [-0.05, 0) is 38.5 Å².